The van der Waals surface area contributed by atoms with Gasteiger partial charge in [-0.15, -0.1) is 0 Å². The second-order valence-electron chi connectivity index (χ2n) is 7.95. The van der Waals surface area contributed by atoms with E-state index in [1.165, 1.54) is 0 Å². The normalized spacial score (nSPS) is 22.0. The predicted molar refractivity (Wildman–Crippen MR) is 100 cm³/mol. The molecule has 0 unspecified atom stereocenters. The molecule has 138 valence electrons. The SMILES string of the molecule is C[C@@H](O[Si](C)(C)C(C)(C)C)[C@H]1C(=O)N[C@@H]1OC(=O)c1ccc(Cl)cc1. The van der Waals surface area contributed by atoms with Crippen LogP contribution in [0.25, 0.3) is 0 Å². The standard InChI is InChI=1S/C18H26ClNO4Si/c1-11(24-25(5,6)18(2,3)4)14-15(21)20-16(14)23-17(22)12-7-9-13(19)10-8-12/h7-11,14,16H,1-6H3,(H,20,21)/t11-,14+,16-/m1/s1. The van der Waals surface area contributed by atoms with Crippen LogP contribution >= 0.6 is 11.6 Å². The van der Waals surface area contributed by atoms with Gasteiger partial charge in [-0.25, -0.2) is 4.79 Å². The number of halogens is 1. The third kappa shape index (κ3) is 4.43. The zero-order valence-electron chi connectivity index (χ0n) is 15.6. The van der Waals surface area contributed by atoms with Crippen LogP contribution < -0.4 is 5.32 Å². The lowest BCUT2D eigenvalue weighted by molar-refractivity contribution is -0.154. The van der Waals surface area contributed by atoms with Crippen LogP contribution in [0.4, 0.5) is 0 Å². The van der Waals surface area contributed by atoms with Crippen molar-refractivity contribution in [2.75, 3.05) is 0 Å². The third-order valence-corrected chi connectivity index (χ3v) is 9.85. The quantitative estimate of drug-likeness (QED) is 0.474. The predicted octanol–water partition coefficient (Wildman–Crippen LogP) is 3.98. The number of ether oxygens (including phenoxy) is 1. The second-order valence-corrected chi connectivity index (χ2v) is 13.1. The highest BCUT2D eigenvalue weighted by atomic mass is 35.5. The van der Waals surface area contributed by atoms with E-state index in [1.54, 1.807) is 24.3 Å². The molecule has 1 aliphatic heterocycles. The van der Waals surface area contributed by atoms with E-state index in [0.29, 0.717) is 10.6 Å². The van der Waals surface area contributed by atoms with Gasteiger partial charge in [-0.1, -0.05) is 32.4 Å². The molecular formula is C18H26ClNO4Si. The van der Waals surface area contributed by atoms with Gasteiger partial charge in [0.25, 0.3) is 0 Å². The molecule has 1 aromatic rings. The summed E-state index contributed by atoms with van der Waals surface area (Å²) in [5.41, 5.74) is 0.391. The number of nitrogens with one attached hydrogen (secondary N) is 1. The Morgan fingerprint density at radius 3 is 2.28 bits per heavy atom. The summed E-state index contributed by atoms with van der Waals surface area (Å²) in [5.74, 6) is -1.14. The number of benzene rings is 1. The summed E-state index contributed by atoms with van der Waals surface area (Å²) in [4.78, 5) is 24.2. The first kappa shape index (κ1) is 19.9. The van der Waals surface area contributed by atoms with Crippen LogP contribution in [-0.4, -0.2) is 32.5 Å². The van der Waals surface area contributed by atoms with Crippen molar-refractivity contribution in [2.24, 2.45) is 5.92 Å². The highest BCUT2D eigenvalue weighted by molar-refractivity contribution is 6.74. The molecule has 0 bridgehead atoms. The van der Waals surface area contributed by atoms with Crippen molar-refractivity contribution < 1.29 is 18.8 Å². The molecule has 1 aliphatic rings. The topological polar surface area (TPSA) is 64.6 Å². The van der Waals surface area contributed by atoms with Crippen molar-refractivity contribution in [2.45, 2.75) is 58.2 Å². The Labute approximate surface area is 155 Å². The minimum Gasteiger partial charge on any atom is -0.437 e. The Morgan fingerprint density at radius 1 is 1.24 bits per heavy atom. The summed E-state index contributed by atoms with van der Waals surface area (Å²) >= 11 is 5.82. The van der Waals surface area contributed by atoms with Crippen molar-refractivity contribution in [1.29, 1.82) is 0 Å². The molecule has 5 nitrogen and oxygen atoms in total. The van der Waals surface area contributed by atoms with Crippen LogP contribution in [0.5, 0.6) is 0 Å². The van der Waals surface area contributed by atoms with Gasteiger partial charge < -0.3 is 14.5 Å². The molecule has 25 heavy (non-hydrogen) atoms. The maximum absolute atomic E-state index is 12.2. The van der Waals surface area contributed by atoms with Gasteiger partial charge >= 0.3 is 5.97 Å². The molecule has 0 radical (unpaired) electrons. The molecule has 0 aliphatic carbocycles. The number of rotatable bonds is 5. The first-order valence-electron chi connectivity index (χ1n) is 8.37. The zero-order chi connectivity index (χ0) is 19.0. The van der Waals surface area contributed by atoms with E-state index >= 15 is 0 Å². The highest BCUT2D eigenvalue weighted by Crippen LogP contribution is 2.39. The van der Waals surface area contributed by atoms with Crippen LogP contribution in [0.2, 0.25) is 23.2 Å². The Kier molecular flexibility index (Phi) is 5.66. The van der Waals surface area contributed by atoms with Crippen LogP contribution in [0.1, 0.15) is 38.1 Å². The van der Waals surface area contributed by atoms with E-state index in [-0.39, 0.29) is 17.0 Å². The highest BCUT2D eigenvalue weighted by Gasteiger charge is 2.49. The van der Waals surface area contributed by atoms with E-state index < -0.39 is 26.4 Å². The maximum Gasteiger partial charge on any atom is 0.340 e. The van der Waals surface area contributed by atoms with Gasteiger partial charge in [0.15, 0.2) is 14.5 Å². The largest absolute Gasteiger partial charge is 0.437 e. The minimum absolute atomic E-state index is 0.0387. The fourth-order valence-electron chi connectivity index (χ4n) is 2.41. The Balaban J connectivity index is 2.02. The molecule has 1 aromatic carbocycles. The van der Waals surface area contributed by atoms with Crippen LogP contribution in [0.3, 0.4) is 0 Å². The smallest absolute Gasteiger partial charge is 0.340 e. The van der Waals surface area contributed by atoms with Crippen molar-refractivity contribution in [3.8, 4) is 0 Å². The molecular weight excluding hydrogens is 358 g/mol. The molecule has 1 amide bonds. The van der Waals surface area contributed by atoms with E-state index in [4.69, 9.17) is 20.8 Å². The summed E-state index contributed by atoms with van der Waals surface area (Å²) in [6.45, 7) is 12.6. The number of β-lactam (4-membered cyclic amide) rings is 1. The van der Waals surface area contributed by atoms with Crippen molar-refractivity contribution >= 4 is 31.8 Å². The van der Waals surface area contributed by atoms with Crippen molar-refractivity contribution in [1.82, 2.24) is 5.32 Å². The number of esters is 1. The second kappa shape index (κ2) is 7.09. The molecule has 2 rings (SSSR count). The molecule has 0 spiro atoms. The first-order valence-corrected chi connectivity index (χ1v) is 11.7. The van der Waals surface area contributed by atoms with Gasteiger partial charge in [0, 0.05) is 5.02 Å². The number of carbonyl (C=O) groups is 2. The monoisotopic (exact) mass is 383 g/mol. The first-order chi connectivity index (χ1) is 11.4. The number of hydrogen-bond acceptors (Lipinski definition) is 4. The summed E-state index contributed by atoms with van der Waals surface area (Å²) < 4.78 is 11.7. The maximum atomic E-state index is 12.2. The number of amides is 1. The van der Waals surface area contributed by atoms with Gasteiger partial charge in [0.05, 0.1) is 11.7 Å². The number of carbonyl (C=O) groups excluding carboxylic acids is 2. The van der Waals surface area contributed by atoms with E-state index in [1.807, 2.05) is 6.92 Å². The van der Waals surface area contributed by atoms with E-state index in [0.717, 1.165) is 0 Å². The summed E-state index contributed by atoms with van der Waals surface area (Å²) in [6.07, 6.45) is -0.992. The molecule has 7 heteroatoms. The lowest BCUT2D eigenvalue weighted by Crippen LogP contribution is -2.65. The molecule has 1 fully saturated rings. The average molecular weight is 384 g/mol. The fourth-order valence-corrected chi connectivity index (χ4v) is 3.97. The van der Waals surface area contributed by atoms with Gasteiger partial charge in [-0.05, 0) is 49.3 Å². The van der Waals surface area contributed by atoms with Gasteiger partial charge in [0.2, 0.25) is 5.91 Å². The summed E-state index contributed by atoms with van der Waals surface area (Å²) in [5, 5.41) is 3.22. The molecule has 1 N–H and O–H groups in total. The molecule has 0 aromatic heterocycles. The average Bonchev–Trinajstić information content (AvgIpc) is 2.45. The van der Waals surface area contributed by atoms with Gasteiger partial charge in [-0.3, -0.25) is 4.79 Å². The fraction of sp³-hybridized carbons (Fsp3) is 0.556. The van der Waals surface area contributed by atoms with Crippen LogP contribution in [0.15, 0.2) is 24.3 Å². The molecule has 3 atom stereocenters. The third-order valence-electron chi connectivity index (χ3n) is 5.02. The molecule has 1 saturated heterocycles. The van der Waals surface area contributed by atoms with Gasteiger partial charge in [0.1, 0.15) is 5.92 Å². The lowest BCUT2D eigenvalue weighted by Gasteiger charge is -2.44. The van der Waals surface area contributed by atoms with E-state index in [2.05, 4.69) is 39.2 Å². The van der Waals surface area contributed by atoms with Crippen LogP contribution in [0, 0.1) is 5.92 Å². The zero-order valence-corrected chi connectivity index (χ0v) is 17.3. The number of hydrogen-bond donors (Lipinski definition) is 1. The van der Waals surface area contributed by atoms with Crippen molar-refractivity contribution in [3.63, 3.8) is 0 Å². The summed E-state index contributed by atoms with van der Waals surface area (Å²) in [7, 11) is -2.02. The Bertz CT molecular complexity index is 654. The lowest BCUT2D eigenvalue weighted by atomic mass is 9.93. The Morgan fingerprint density at radius 2 is 1.80 bits per heavy atom. The van der Waals surface area contributed by atoms with E-state index in [9.17, 15) is 9.59 Å². The summed E-state index contributed by atoms with van der Waals surface area (Å²) in [6, 6.07) is 6.43. The molecule has 1 heterocycles. The van der Waals surface area contributed by atoms with Crippen LogP contribution in [-0.2, 0) is 14.0 Å². The molecule has 0 saturated carbocycles. The van der Waals surface area contributed by atoms with Crippen molar-refractivity contribution in [3.05, 3.63) is 34.9 Å². The van der Waals surface area contributed by atoms with Gasteiger partial charge in [-0.2, -0.15) is 0 Å². The minimum atomic E-state index is -2.02. The Hall–Kier alpha value is -1.37.